The highest BCUT2D eigenvalue weighted by molar-refractivity contribution is 7.91. The molecule has 1 aromatic rings. The molecule has 2 atom stereocenters. The molecule has 6 nitrogen and oxygen atoms in total. The number of likely N-dealkylation sites (tertiary alicyclic amines) is 1. The van der Waals surface area contributed by atoms with E-state index >= 15 is 0 Å². The van der Waals surface area contributed by atoms with E-state index in [1.54, 1.807) is 12.1 Å². The largest absolute Gasteiger partial charge is 0.452 e. The number of benzene rings is 1. The van der Waals surface area contributed by atoms with Crippen molar-refractivity contribution in [3.8, 4) is 0 Å². The number of sulfone groups is 1. The van der Waals surface area contributed by atoms with Crippen LogP contribution >= 0.6 is 0 Å². The van der Waals surface area contributed by atoms with Crippen molar-refractivity contribution in [3.63, 3.8) is 0 Å². The van der Waals surface area contributed by atoms with Gasteiger partial charge in [0.2, 0.25) is 0 Å². The van der Waals surface area contributed by atoms with E-state index < -0.39 is 15.8 Å². The van der Waals surface area contributed by atoms with Crippen molar-refractivity contribution in [2.45, 2.75) is 56.4 Å². The van der Waals surface area contributed by atoms with E-state index in [1.807, 2.05) is 4.90 Å². The van der Waals surface area contributed by atoms with E-state index in [1.165, 1.54) is 25.5 Å². The van der Waals surface area contributed by atoms with Gasteiger partial charge in [0.1, 0.15) is 0 Å². The summed E-state index contributed by atoms with van der Waals surface area (Å²) in [5.74, 6) is -0.501. The van der Waals surface area contributed by atoms with Crippen LogP contribution in [0.4, 0.5) is 0 Å². The number of rotatable bonds is 5. The van der Waals surface area contributed by atoms with Gasteiger partial charge < -0.3 is 9.64 Å². The molecule has 1 aliphatic heterocycles. The summed E-state index contributed by atoms with van der Waals surface area (Å²) in [5.41, 5.74) is -0.0127. The number of hydrogen-bond acceptors (Lipinski definition) is 5. The highest BCUT2D eigenvalue weighted by Gasteiger charge is 2.36. The Labute approximate surface area is 160 Å². The van der Waals surface area contributed by atoms with Crippen LogP contribution in [0.3, 0.4) is 0 Å². The number of esters is 1. The van der Waals surface area contributed by atoms with Gasteiger partial charge in [0, 0.05) is 12.6 Å². The van der Waals surface area contributed by atoms with Crippen LogP contribution in [0.2, 0.25) is 0 Å². The summed E-state index contributed by atoms with van der Waals surface area (Å²) in [6.07, 6.45) is 6.68. The molecule has 2 aliphatic rings. The lowest BCUT2D eigenvalue weighted by Gasteiger charge is -2.44. The van der Waals surface area contributed by atoms with E-state index in [0.29, 0.717) is 12.5 Å². The number of carbonyl (C=O) groups is 2. The zero-order valence-electron chi connectivity index (χ0n) is 15.7. The van der Waals surface area contributed by atoms with Crippen LogP contribution in [0, 0.1) is 5.92 Å². The van der Waals surface area contributed by atoms with Crippen molar-refractivity contribution in [2.24, 2.45) is 5.92 Å². The Kier molecular flexibility index (Phi) is 6.19. The maximum absolute atomic E-state index is 12.7. The van der Waals surface area contributed by atoms with Crippen molar-refractivity contribution in [3.05, 3.63) is 29.8 Å². The lowest BCUT2D eigenvalue weighted by atomic mass is 9.78. The van der Waals surface area contributed by atoms with Crippen LogP contribution in [0.25, 0.3) is 0 Å². The fourth-order valence-corrected chi connectivity index (χ4v) is 5.37. The van der Waals surface area contributed by atoms with Gasteiger partial charge in [-0.15, -0.1) is 0 Å². The molecule has 0 spiro atoms. The van der Waals surface area contributed by atoms with Gasteiger partial charge in [0.15, 0.2) is 16.4 Å². The average Bonchev–Trinajstić information content (AvgIpc) is 2.71. The maximum atomic E-state index is 12.7. The Morgan fingerprint density at radius 1 is 1.11 bits per heavy atom. The van der Waals surface area contributed by atoms with Gasteiger partial charge in [0.25, 0.3) is 5.91 Å². The minimum Gasteiger partial charge on any atom is -0.452 e. The summed E-state index contributed by atoms with van der Waals surface area (Å²) in [5, 5.41) is 0. The molecular weight excluding hydrogens is 366 g/mol. The second kappa shape index (κ2) is 8.42. The Morgan fingerprint density at radius 2 is 1.81 bits per heavy atom. The molecule has 1 saturated carbocycles. The third kappa shape index (κ3) is 4.34. The lowest BCUT2D eigenvalue weighted by Crippen LogP contribution is -2.50. The summed E-state index contributed by atoms with van der Waals surface area (Å²) in [4.78, 5) is 26.9. The molecule has 3 rings (SSSR count). The van der Waals surface area contributed by atoms with Crippen LogP contribution < -0.4 is 0 Å². The number of carbonyl (C=O) groups excluding carboxylic acids is 2. The Bertz CT molecular complexity index is 802. The molecule has 0 aromatic heterocycles. The minimum absolute atomic E-state index is 0.0127. The smallest absolute Gasteiger partial charge is 0.339 e. The van der Waals surface area contributed by atoms with Crippen molar-refractivity contribution >= 4 is 21.7 Å². The predicted molar refractivity (Wildman–Crippen MR) is 101 cm³/mol. The van der Waals surface area contributed by atoms with E-state index in [4.69, 9.17) is 4.74 Å². The third-order valence-corrected chi connectivity index (χ3v) is 7.50. The number of ether oxygens (including phenoxy) is 1. The summed E-state index contributed by atoms with van der Waals surface area (Å²) >= 11 is 0. The van der Waals surface area contributed by atoms with Gasteiger partial charge in [-0.1, -0.05) is 31.9 Å². The maximum Gasteiger partial charge on any atom is 0.339 e. The van der Waals surface area contributed by atoms with Crippen LogP contribution in [0.15, 0.2) is 29.2 Å². The van der Waals surface area contributed by atoms with E-state index in [0.717, 1.165) is 32.1 Å². The number of piperidine rings is 1. The fraction of sp³-hybridized carbons (Fsp3) is 0.600. The molecular formula is C20H27NO5S. The molecule has 0 N–H and O–H groups in total. The first-order valence-electron chi connectivity index (χ1n) is 9.72. The Hall–Kier alpha value is -1.89. The molecule has 0 unspecified atom stereocenters. The fourth-order valence-electron chi connectivity index (χ4n) is 4.28. The molecule has 7 heteroatoms. The van der Waals surface area contributed by atoms with Gasteiger partial charge in [-0.3, -0.25) is 4.79 Å². The summed E-state index contributed by atoms with van der Waals surface area (Å²) in [6.45, 7) is 1.89. The highest BCUT2D eigenvalue weighted by atomic mass is 32.2. The average molecular weight is 394 g/mol. The molecule has 0 bridgehead atoms. The highest BCUT2D eigenvalue weighted by Crippen LogP contribution is 2.35. The van der Waals surface area contributed by atoms with E-state index in [2.05, 4.69) is 0 Å². The molecule has 148 valence electrons. The van der Waals surface area contributed by atoms with Gasteiger partial charge in [-0.05, 0) is 43.7 Å². The second-order valence-electron chi connectivity index (χ2n) is 7.32. The quantitative estimate of drug-likeness (QED) is 0.719. The van der Waals surface area contributed by atoms with Crippen LogP contribution in [-0.2, 0) is 19.4 Å². The zero-order chi connectivity index (χ0) is 19.4. The van der Waals surface area contributed by atoms with Crippen LogP contribution in [0.5, 0.6) is 0 Å². The molecule has 2 fully saturated rings. The molecule has 27 heavy (non-hydrogen) atoms. The molecule has 1 heterocycles. The number of amides is 1. The number of fused-ring (bicyclic) bond motifs is 1. The lowest BCUT2D eigenvalue weighted by molar-refractivity contribution is -0.140. The van der Waals surface area contributed by atoms with Crippen molar-refractivity contribution in [1.29, 1.82) is 0 Å². The molecule has 0 radical (unpaired) electrons. The first-order chi connectivity index (χ1) is 12.9. The summed E-state index contributed by atoms with van der Waals surface area (Å²) in [6, 6.07) is 6.24. The Balaban J connectivity index is 1.67. The standard InChI is InChI=1S/C20H27NO5S/c1-2-27(24,25)18-12-6-4-10-16(18)20(23)26-14-19(22)21-13-7-9-15-8-3-5-11-17(15)21/h4,6,10,12,15,17H,2-3,5,7-9,11,13-14H2,1H3/t15-,17-/m1/s1. The van der Waals surface area contributed by atoms with Crippen LogP contribution in [0.1, 0.15) is 55.8 Å². The van der Waals surface area contributed by atoms with E-state index in [9.17, 15) is 18.0 Å². The monoisotopic (exact) mass is 393 g/mol. The van der Waals surface area contributed by atoms with Gasteiger partial charge >= 0.3 is 5.97 Å². The predicted octanol–water partition coefficient (Wildman–Crippen LogP) is 2.82. The van der Waals surface area contributed by atoms with Crippen molar-refractivity contribution in [1.82, 2.24) is 4.90 Å². The Morgan fingerprint density at radius 3 is 2.59 bits per heavy atom. The molecule has 1 amide bonds. The summed E-state index contributed by atoms with van der Waals surface area (Å²) in [7, 11) is -3.54. The molecule has 1 aromatic carbocycles. The number of nitrogens with zero attached hydrogens (tertiary/aromatic N) is 1. The van der Waals surface area contributed by atoms with Crippen LogP contribution in [-0.4, -0.2) is 50.1 Å². The zero-order valence-corrected chi connectivity index (χ0v) is 16.5. The number of hydrogen-bond donors (Lipinski definition) is 0. The third-order valence-electron chi connectivity index (χ3n) is 5.71. The second-order valence-corrected chi connectivity index (χ2v) is 9.56. The summed E-state index contributed by atoms with van der Waals surface area (Å²) < 4.78 is 29.6. The van der Waals surface area contributed by atoms with Crippen molar-refractivity contribution < 1.29 is 22.7 Å². The first kappa shape index (κ1) is 19.9. The minimum atomic E-state index is -3.54. The van der Waals surface area contributed by atoms with Gasteiger partial charge in [0.05, 0.1) is 16.2 Å². The normalized spacial score (nSPS) is 22.8. The first-order valence-corrected chi connectivity index (χ1v) is 11.4. The van der Waals surface area contributed by atoms with Gasteiger partial charge in [-0.25, -0.2) is 13.2 Å². The van der Waals surface area contributed by atoms with Gasteiger partial charge in [-0.2, -0.15) is 0 Å². The molecule has 1 aliphatic carbocycles. The topological polar surface area (TPSA) is 80.7 Å². The molecule has 1 saturated heterocycles. The SMILES string of the molecule is CCS(=O)(=O)c1ccccc1C(=O)OCC(=O)N1CCC[C@H]2CCCC[C@H]21. The van der Waals surface area contributed by atoms with Crippen molar-refractivity contribution in [2.75, 3.05) is 18.9 Å². The van der Waals surface area contributed by atoms with E-state index in [-0.39, 0.29) is 34.8 Å².